The monoisotopic (exact) mass is 243 g/mol. The van der Waals surface area contributed by atoms with Crippen LogP contribution in [0, 0.1) is 0 Å². The van der Waals surface area contributed by atoms with Gasteiger partial charge in [0.1, 0.15) is 0 Å². The zero-order valence-corrected chi connectivity index (χ0v) is 9.07. The minimum atomic E-state index is 0. The predicted molar refractivity (Wildman–Crippen MR) is 26.7 cm³/mol. The van der Waals surface area contributed by atoms with Gasteiger partial charge in [-0.3, -0.25) is 0 Å². The Morgan fingerprint density at radius 1 is 1.00 bits per heavy atom. The molecule has 0 nitrogen and oxygen atoms in total. The number of hydrogen-bond donors (Lipinski definition) is 0. The fourth-order valence-electron chi connectivity index (χ4n) is 0.289. The van der Waals surface area contributed by atoms with Crippen LogP contribution in [0.5, 0.6) is 0 Å². The Morgan fingerprint density at radius 2 is 1.29 bits per heavy atom. The van der Waals surface area contributed by atoms with Crippen LogP contribution in [-0.4, -0.2) is 15.2 Å². The summed E-state index contributed by atoms with van der Waals surface area (Å²) in [6, 6.07) is 0. The van der Waals surface area contributed by atoms with Gasteiger partial charge in [-0.1, -0.05) is 0 Å². The molecule has 43 valence electrons. The highest BCUT2D eigenvalue weighted by Crippen LogP contribution is 1.77. The lowest BCUT2D eigenvalue weighted by molar-refractivity contribution is -0.00100. The second-order valence-electron chi connectivity index (χ2n) is 1.11. The highest BCUT2D eigenvalue weighted by molar-refractivity contribution is 6.34. The van der Waals surface area contributed by atoms with E-state index in [1.807, 2.05) is 0 Å². The van der Waals surface area contributed by atoms with E-state index in [1.165, 1.54) is 10.6 Å². The molecular weight excluding hydrogens is 235 g/mol. The van der Waals surface area contributed by atoms with E-state index in [2.05, 4.69) is 13.8 Å². The third kappa shape index (κ3) is 18.5. The quantitative estimate of drug-likeness (QED) is 0.431. The molecule has 7 heavy (non-hydrogen) atoms. The third-order valence-corrected chi connectivity index (χ3v) is 1.73. The molecule has 0 bridgehead atoms. The molecule has 0 aromatic rings. The fraction of sp³-hybridized carbons (Fsp3) is 1.00. The molecule has 0 aromatic heterocycles. The maximum Gasteiger partial charge on any atom is 1.23 e. The second kappa shape index (κ2) is 15.6. The second-order valence-corrected chi connectivity index (χ2v) is 3.32. The van der Waals surface area contributed by atoms with Crippen molar-refractivity contribution < 1.29 is 34.0 Å². The Bertz CT molecular complexity index is 17.2. The maximum atomic E-state index is 2.25. The van der Waals surface area contributed by atoms with Crippen molar-refractivity contribution in [2.24, 2.45) is 0 Å². The molecule has 0 amide bonds. The van der Waals surface area contributed by atoms with Crippen LogP contribution in [0.1, 0.15) is 13.8 Å². The SMILES string of the molecule is C[CH2][Al+2][CH2]C.[Br-].[Br-]. The van der Waals surface area contributed by atoms with Crippen LogP contribution in [0.2, 0.25) is 10.6 Å². The van der Waals surface area contributed by atoms with Crippen LogP contribution in [0.15, 0.2) is 0 Å². The number of halogens is 2. The molecule has 0 spiro atoms. The van der Waals surface area contributed by atoms with E-state index >= 15 is 0 Å². The van der Waals surface area contributed by atoms with Gasteiger partial charge in [-0.25, -0.2) is 0 Å². The van der Waals surface area contributed by atoms with Crippen molar-refractivity contribution in [3.05, 3.63) is 0 Å². The summed E-state index contributed by atoms with van der Waals surface area (Å²) in [6.07, 6.45) is 0. The van der Waals surface area contributed by atoms with Crippen molar-refractivity contribution in [2.75, 3.05) is 0 Å². The predicted octanol–water partition coefficient (Wildman–Crippen LogP) is -4.42. The molecule has 0 aliphatic carbocycles. The van der Waals surface area contributed by atoms with E-state index in [9.17, 15) is 0 Å². The average molecular weight is 245 g/mol. The summed E-state index contributed by atoms with van der Waals surface area (Å²) in [5.74, 6) is 0. The molecule has 0 aromatic carbocycles. The Kier molecular flexibility index (Phi) is 35.3. The summed E-state index contributed by atoms with van der Waals surface area (Å²) in [4.78, 5) is 0. The lowest BCUT2D eigenvalue weighted by Gasteiger charge is -1.36. The van der Waals surface area contributed by atoms with Crippen LogP contribution in [-0.2, 0) is 0 Å². The van der Waals surface area contributed by atoms with Crippen LogP contribution in [0.4, 0.5) is 0 Å². The average Bonchev–Trinajstić information content (AvgIpc) is 1.41. The number of hydrogen-bond acceptors (Lipinski definition) is 0. The smallest absolute Gasteiger partial charge is 1.00 e. The van der Waals surface area contributed by atoms with Crippen LogP contribution >= 0.6 is 0 Å². The van der Waals surface area contributed by atoms with E-state index in [-0.39, 0.29) is 34.0 Å². The topological polar surface area (TPSA) is 0 Å². The third-order valence-electron chi connectivity index (χ3n) is 0.577. The first kappa shape index (κ1) is 15.8. The Morgan fingerprint density at radius 3 is 1.29 bits per heavy atom. The highest BCUT2D eigenvalue weighted by Gasteiger charge is 2.36. The standard InChI is InChI=1S/2C2H5.Al.2BrH/c2*1-2;;;/h2*1H2,2H3;;2*1H/q;;+2;;/p-2. The minimum absolute atomic E-state index is 0. The van der Waals surface area contributed by atoms with E-state index in [0.717, 1.165) is 15.2 Å². The molecule has 0 rings (SSSR count). The van der Waals surface area contributed by atoms with Gasteiger partial charge in [0, 0.05) is 0 Å². The van der Waals surface area contributed by atoms with E-state index in [1.54, 1.807) is 0 Å². The first-order valence-corrected chi connectivity index (χ1v) is 3.86. The molecule has 0 saturated carbocycles. The zero-order chi connectivity index (χ0) is 4.12. The van der Waals surface area contributed by atoms with E-state index < -0.39 is 0 Å². The molecule has 0 heterocycles. The van der Waals surface area contributed by atoms with Crippen LogP contribution < -0.4 is 34.0 Å². The summed E-state index contributed by atoms with van der Waals surface area (Å²) < 4.78 is 0. The first-order valence-electron chi connectivity index (χ1n) is 2.23. The highest BCUT2D eigenvalue weighted by atomic mass is 79.9. The maximum absolute atomic E-state index is 2.25. The lowest BCUT2D eigenvalue weighted by atomic mass is 10.9. The summed E-state index contributed by atoms with van der Waals surface area (Å²) in [5, 5.41) is 2.85. The molecule has 0 fully saturated rings. The van der Waals surface area contributed by atoms with Crippen molar-refractivity contribution >= 4 is 15.2 Å². The molecular formula is C4H10AlBr2. The Balaban J connectivity index is -0.0000000800. The van der Waals surface area contributed by atoms with Crippen molar-refractivity contribution in [1.29, 1.82) is 0 Å². The van der Waals surface area contributed by atoms with Gasteiger partial charge >= 0.3 is 15.2 Å². The normalized spacial score (nSPS) is 6.00. The Labute approximate surface area is 73.3 Å². The van der Waals surface area contributed by atoms with Crippen LogP contribution in [0.25, 0.3) is 0 Å². The van der Waals surface area contributed by atoms with Gasteiger partial charge in [-0.05, 0) is 13.8 Å². The van der Waals surface area contributed by atoms with Gasteiger partial charge in [-0.15, -0.1) is 0 Å². The first-order chi connectivity index (χ1) is 2.41. The Hall–Kier alpha value is 1.49. The summed E-state index contributed by atoms with van der Waals surface area (Å²) >= 11 is 0.815. The zero-order valence-electron chi connectivity index (χ0n) is 4.75. The molecule has 0 atom stereocenters. The van der Waals surface area contributed by atoms with Gasteiger partial charge in [0.05, 0.1) is 0 Å². The van der Waals surface area contributed by atoms with Gasteiger partial charge in [0.15, 0.2) is 10.6 Å². The fourth-order valence-corrected chi connectivity index (χ4v) is 0.866. The van der Waals surface area contributed by atoms with E-state index in [0.29, 0.717) is 0 Å². The molecule has 0 saturated heterocycles. The molecule has 0 aliphatic heterocycles. The van der Waals surface area contributed by atoms with E-state index in [4.69, 9.17) is 0 Å². The molecule has 0 N–H and O–H groups in total. The van der Waals surface area contributed by atoms with Gasteiger partial charge in [-0.2, -0.15) is 0 Å². The van der Waals surface area contributed by atoms with Gasteiger partial charge < -0.3 is 34.0 Å². The molecule has 3 heteroatoms. The van der Waals surface area contributed by atoms with Crippen molar-refractivity contribution in [1.82, 2.24) is 0 Å². The number of rotatable bonds is 2. The molecule has 0 unspecified atom stereocenters. The van der Waals surface area contributed by atoms with Crippen LogP contribution in [0.3, 0.4) is 0 Å². The summed E-state index contributed by atoms with van der Waals surface area (Å²) in [7, 11) is 0. The molecule has 0 aliphatic rings. The minimum Gasteiger partial charge on any atom is -1.00 e. The lowest BCUT2D eigenvalue weighted by Crippen LogP contribution is -3.00. The largest absolute Gasteiger partial charge is 1.23 e. The van der Waals surface area contributed by atoms with Crippen molar-refractivity contribution in [3.8, 4) is 0 Å². The summed E-state index contributed by atoms with van der Waals surface area (Å²) in [5.41, 5.74) is 0. The summed E-state index contributed by atoms with van der Waals surface area (Å²) in [6.45, 7) is 4.50. The van der Waals surface area contributed by atoms with Crippen molar-refractivity contribution in [3.63, 3.8) is 0 Å². The molecule has 5 radical (unpaired) electrons. The van der Waals surface area contributed by atoms with Crippen molar-refractivity contribution in [2.45, 2.75) is 24.4 Å². The van der Waals surface area contributed by atoms with Gasteiger partial charge in [0.25, 0.3) is 0 Å². The van der Waals surface area contributed by atoms with Gasteiger partial charge in [0.2, 0.25) is 0 Å².